The number of alkyl halides is 1. The standard InChI is InChI=1S/C11H22ClNO/c1-8(2)6-9(12)7-13-10(14)11(3,4)5/h8-9H,6-7H2,1-5H3,(H,13,14). The molecule has 0 heterocycles. The van der Waals surface area contributed by atoms with E-state index in [0.29, 0.717) is 12.5 Å². The van der Waals surface area contributed by atoms with Crippen molar-refractivity contribution >= 4 is 17.5 Å². The van der Waals surface area contributed by atoms with Gasteiger partial charge < -0.3 is 5.32 Å². The van der Waals surface area contributed by atoms with Gasteiger partial charge in [-0.3, -0.25) is 4.79 Å². The van der Waals surface area contributed by atoms with E-state index in [-0.39, 0.29) is 16.7 Å². The summed E-state index contributed by atoms with van der Waals surface area (Å²) in [5.74, 6) is 0.635. The van der Waals surface area contributed by atoms with E-state index in [9.17, 15) is 4.79 Å². The number of carbonyl (C=O) groups is 1. The molecule has 0 saturated heterocycles. The Morgan fingerprint density at radius 1 is 1.36 bits per heavy atom. The van der Waals surface area contributed by atoms with Crippen LogP contribution in [0.2, 0.25) is 0 Å². The maximum absolute atomic E-state index is 11.5. The summed E-state index contributed by atoms with van der Waals surface area (Å²) >= 11 is 6.06. The van der Waals surface area contributed by atoms with Gasteiger partial charge in [0, 0.05) is 12.0 Å². The van der Waals surface area contributed by atoms with Crippen LogP contribution in [0.1, 0.15) is 41.0 Å². The fraction of sp³-hybridized carbons (Fsp3) is 0.909. The van der Waals surface area contributed by atoms with Crippen molar-refractivity contribution in [3.05, 3.63) is 0 Å². The molecule has 1 N–H and O–H groups in total. The Kier molecular flexibility index (Phi) is 5.50. The molecule has 14 heavy (non-hydrogen) atoms. The van der Waals surface area contributed by atoms with Crippen molar-refractivity contribution in [2.45, 2.75) is 46.4 Å². The van der Waals surface area contributed by atoms with Gasteiger partial charge >= 0.3 is 0 Å². The van der Waals surface area contributed by atoms with Crippen LogP contribution in [0.5, 0.6) is 0 Å². The van der Waals surface area contributed by atoms with Gasteiger partial charge in [-0.2, -0.15) is 0 Å². The van der Waals surface area contributed by atoms with Crippen molar-refractivity contribution in [3.8, 4) is 0 Å². The fourth-order valence-corrected chi connectivity index (χ4v) is 1.50. The van der Waals surface area contributed by atoms with Crippen LogP contribution in [-0.4, -0.2) is 17.8 Å². The van der Waals surface area contributed by atoms with Gasteiger partial charge in [-0.15, -0.1) is 11.6 Å². The van der Waals surface area contributed by atoms with Crippen LogP contribution in [0.3, 0.4) is 0 Å². The molecular formula is C11H22ClNO. The van der Waals surface area contributed by atoms with E-state index in [1.165, 1.54) is 0 Å². The minimum absolute atomic E-state index is 0.0429. The first-order chi connectivity index (χ1) is 6.23. The smallest absolute Gasteiger partial charge is 0.225 e. The average Bonchev–Trinajstić information content (AvgIpc) is 1.96. The second-order valence-electron chi connectivity index (χ2n) is 5.19. The molecule has 0 fully saturated rings. The lowest BCUT2D eigenvalue weighted by Gasteiger charge is -2.19. The third kappa shape index (κ3) is 6.25. The molecule has 0 saturated carbocycles. The number of nitrogens with one attached hydrogen (secondary N) is 1. The third-order valence-corrected chi connectivity index (χ3v) is 2.22. The highest BCUT2D eigenvalue weighted by molar-refractivity contribution is 6.20. The summed E-state index contributed by atoms with van der Waals surface area (Å²) in [6, 6.07) is 0. The van der Waals surface area contributed by atoms with Crippen molar-refractivity contribution in [1.29, 1.82) is 0 Å². The number of carbonyl (C=O) groups excluding carboxylic acids is 1. The lowest BCUT2D eigenvalue weighted by atomic mass is 9.95. The molecule has 0 rings (SSSR count). The minimum Gasteiger partial charge on any atom is -0.354 e. The van der Waals surface area contributed by atoms with E-state index < -0.39 is 0 Å². The molecule has 1 unspecified atom stereocenters. The normalized spacial score (nSPS) is 14.2. The molecule has 0 aliphatic carbocycles. The van der Waals surface area contributed by atoms with E-state index in [0.717, 1.165) is 6.42 Å². The third-order valence-electron chi connectivity index (χ3n) is 1.89. The van der Waals surface area contributed by atoms with Crippen molar-refractivity contribution in [2.75, 3.05) is 6.54 Å². The minimum atomic E-state index is -0.325. The van der Waals surface area contributed by atoms with Crippen LogP contribution in [0.15, 0.2) is 0 Å². The zero-order valence-electron chi connectivity index (χ0n) is 9.86. The van der Waals surface area contributed by atoms with Gasteiger partial charge in [-0.25, -0.2) is 0 Å². The SMILES string of the molecule is CC(C)CC(Cl)CNC(=O)C(C)(C)C. The van der Waals surface area contributed by atoms with Gasteiger partial charge in [0.15, 0.2) is 0 Å². The summed E-state index contributed by atoms with van der Waals surface area (Å²) in [6.45, 7) is 10.5. The van der Waals surface area contributed by atoms with Gasteiger partial charge in [0.2, 0.25) is 5.91 Å². The van der Waals surface area contributed by atoms with E-state index in [1.54, 1.807) is 0 Å². The predicted molar refractivity (Wildman–Crippen MR) is 61.6 cm³/mol. The molecule has 0 radical (unpaired) electrons. The lowest BCUT2D eigenvalue weighted by Crippen LogP contribution is -2.38. The highest BCUT2D eigenvalue weighted by atomic mass is 35.5. The first-order valence-electron chi connectivity index (χ1n) is 5.16. The first kappa shape index (κ1) is 13.8. The molecule has 0 aromatic rings. The lowest BCUT2D eigenvalue weighted by molar-refractivity contribution is -0.128. The number of rotatable bonds is 4. The highest BCUT2D eigenvalue weighted by Crippen LogP contribution is 2.14. The molecule has 0 aliphatic rings. The average molecular weight is 220 g/mol. The van der Waals surface area contributed by atoms with Gasteiger partial charge in [0.05, 0.1) is 5.38 Å². The van der Waals surface area contributed by atoms with Crippen LogP contribution in [-0.2, 0) is 4.79 Å². The molecule has 0 aliphatic heterocycles. The maximum Gasteiger partial charge on any atom is 0.225 e. The Labute approximate surface area is 92.4 Å². The quantitative estimate of drug-likeness (QED) is 0.724. The Hall–Kier alpha value is -0.240. The summed E-state index contributed by atoms with van der Waals surface area (Å²) < 4.78 is 0. The zero-order chi connectivity index (χ0) is 11.4. The summed E-state index contributed by atoms with van der Waals surface area (Å²) in [4.78, 5) is 11.5. The second-order valence-corrected chi connectivity index (χ2v) is 5.80. The monoisotopic (exact) mass is 219 g/mol. The highest BCUT2D eigenvalue weighted by Gasteiger charge is 2.21. The Balaban J connectivity index is 3.78. The van der Waals surface area contributed by atoms with E-state index in [4.69, 9.17) is 11.6 Å². The van der Waals surface area contributed by atoms with Crippen LogP contribution in [0.25, 0.3) is 0 Å². The van der Waals surface area contributed by atoms with Gasteiger partial charge in [0.25, 0.3) is 0 Å². The predicted octanol–water partition coefficient (Wildman–Crippen LogP) is 2.80. The summed E-state index contributed by atoms with van der Waals surface area (Å²) in [6.07, 6.45) is 0.936. The van der Waals surface area contributed by atoms with Gasteiger partial charge in [-0.1, -0.05) is 34.6 Å². The molecule has 2 nitrogen and oxygen atoms in total. The molecule has 0 bridgehead atoms. The van der Waals surface area contributed by atoms with Crippen molar-refractivity contribution < 1.29 is 4.79 Å². The van der Waals surface area contributed by atoms with Crippen LogP contribution < -0.4 is 5.32 Å². The van der Waals surface area contributed by atoms with Crippen molar-refractivity contribution in [2.24, 2.45) is 11.3 Å². The first-order valence-corrected chi connectivity index (χ1v) is 5.59. The van der Waals surface area contributed by atoms with Gasteiger partial charge in [0.1, 0.15) is 0 Å². The van der Waals surface area contributed by atoms with E-state index in [2.05, 4.69) is 19.2 Å². The van der Waals surface area contributed by atoms with Crippen LogP contribution in [0, 0.1) is 11.3 Å². The fourth-order valence-electron chi connectivity index (χ4n) is 1.06. The van der Waals surface area contributed by atoms with E-state index >= 15 is 0 Å². The molecule has 1 atom stereocenters. The summed E-state index contributed by atoms with van der Waals surface area (Å²) in [5.41, 5.74) is -0.325. The van der Waals surface area contributed by atoms with Crippen molar-refractivity contribution in [1.82, 2.24) is 5.32 Å². The summed E-state index contributed by atoms with van der Waals surface area (Å²) in [7, 11) is 0. The zero-order valence-corrected chi connectivity index (χ0v) is 10.6. The largest absolute Gasteiger partial charge is 0.354 e. The molecule has 0 aromatic carbocycles. The molecule has 0 aromatic heterocycles. The Bertz CT molecular complexity index is 184. The molecule has 3 heteroatoms. The van der Waals surface area contributed by atoms with Crippen molar-refractivity contribution in [3.63, 3.8) is 0 Å². The number of amides is 1. The number of halogens is 1. The molecular weight excluding hydrogens is 198 g/mol. The Morgan fingerprint density at radius 3 is 2.21 bits per heavy atom. The molecule has 0 spiro atoms. The Morgan fingerprint density at radius 2 is 1.86 bits per heavy atom. The second kappa shape index (κ2) is 5.59. The van der Waals surface area contributed by atoms with Crippen LogP contribution in [0.4, 0.5) is 0 Å². The van der Waals surface area contributed by atoms with Gasteiger partial charge in [-0.05, 0) is 12.3 Å². The molecule has 1 amide bonds. The number of hydrogen-bond donors (Lipinski definition) is 1. The topological polar surface area (TPSA) is 29.1 Å². The number of hydrogen-bond acceptors (Lipinski definition) is 1. The molecule has 84 valence electrons. The van der Waals surface area contributed by atoms with E-state index in [1.807, 2.05) is 20.8 Å². The van der Waals surface area contributed by atoms with Crippen LogP contribution >= 0.6 is 11.6 Å². The maximum atomic E-state index is 11.5. The summed E-state index contributed by atoms with van der Waals surface area (Å²) in [5, 5.41) is 2.90.